The minimum Gasteiger partial charge on any atom is -0.481 e. The lowest BCUT2D eigenvalue weighted by Crippen LogP contribution is -2.13. The first-order chi connectivity index (χ1) is 9.11. The summed E-state index contributed by atoms with van der Waals surface area (Å²) in [7, 11) is 0. The summed E-state index contributed by atoms with van der Waals surface area (Å²) in [6.45, 7) is 6.63. The fourth-order valence-corrected chi connectivity index (χ4v) is 2.69. The van der Waals surface area contributed by atoms with Gasteiger partial charge in [-0.25, -0.2) is 0 Å². The van der Waals surface area contributed by atoms with Crippen molar-refractivity contribution in [2.45, 2.75) is 91.4 Å². The molecule has 0 aliphatic carbocycles. The summed E-state index contributed by atoms with van der Waals surface area (Å²) in [6.07, 6.45) is 13.0. The van der Waals surface area contributed by atoms with E-state index in [1.165, 1.54) is 44.9 Å². The molecule has 19 heavy (non-hydrogen) atoms. The van der Waals surface area contributed by atoms with E-state index >= 15 is 0 Å². The lowest BCUT2D eigenvalue weighted by Gasteiger charge is -2.14. The quantitative estimate of drug-likeness (QED) is 0.439. The molecule has 0 saturated heterocycles. The molecule has 0 aliphatic heterocycles. The summed E-state index contributed by atoms with van der Waals surface area (Å²) >= 11 is 0. The van der Waals surface area contributed by atoms with Gasteiger partial charge in [0.25, 0.3) is 0 Å². The molecule has 0 bridgehead atoms. The molecule has 2 unspecified atom stereocenters. The Bertz CT molecular complexity index is 213. The van der Waals surface area contributed by atoms with E-state index in [0.717, 1.165) is 31.6 Å². The molecule has 0 aromatic rings. The van der Waals surface area contributed by atoms with E-state index in [0.29, 0.717) is 0 Å². The van der Waals surface area contributed by atoms with Crippen molar-refractivity contribution in [3.05, 3.63) is 0 Å². The second kappa shape index (κ2) is 12.5. The Morgan fingerprint density at radius 2 is 1.47 bits per heavy atom. The summed E-state index contributed by atoms with van der Waals surface area (Å²) in [4.78, 5) is 11.0. The lowest BCUT2D eigenvalue weighted by atomic mass is 9.92. The Balaban J connectivity index is 3.55. The van der Waals surface area contributed by atoms with Crippen molar-refractivity contribution in [1.82, 2.24) is 0 Å². The third-order valence-corrected chi connectivity index (χ3v) is 4.04. The summed E-state index contributed by atoms with van der Waals surface area (Å²) in [5.41, 5.74) is 0. The Kier molecular flexibility index (Phi) is 12.2. The van der Waals surface area contributed by atoms with Gasteiger partial charge in [-0.05, 0) is 18.8 Å². The molecular formula is C17H34O2. The zero-order chi connectivity index (χ0) is 14.5. The number of aliphatic carboxylic acids is 1. The average Bonchev–Trinajstić information content (AvgIpc) is 2.37. The van der Waals surface area contributed by atoms with Gasteiger partial charge in [0.1, 0.15) is 0 Å². The molecule has 0 spiro atoms. The largest absolute Gasteiger partial charge is 0.481 e. The van der Waals surface area contributed by atoms with Gasteiger partial charge < -0.3 is 5.11 Å². The Morgan fingerprint density at radius 3 is 2.05 bits per heavy atom. The molecule has 0 saturated carbocycles. The smallest absolute Gasteiger partial charge is 0.306 e. The zero-order valence-corrected chi connectivity index (χ0v) is 13.3. The van der Waals surface area contributed by atoms with E-state index in [1.807, 2.05) is 0 Å². The molecule has 2 nitrogen and oxygen atoms in total. The van der Waals surface area contributed by atoms with Crippen molar-refractivity contribution in [2.75, 3.05) is 0 Å². The zero-order valence-electron chi connectivity index (χ0n) is 13.3. The molecule has 0 heterocycles. The van der Waals surface area contributed by atoms with Crippen LogP contribution in [0.1, 0.15) is 91.4 Å². The van der Waals surface area contributed by atoms with Crippen molar-refractivity contribution in [1.29, 1.82) is 0 Å². The minimum absolute atomic E-state index is 0.109. The molecule has 114 valence electrons. The highest BCUT2D eigenvalue weighted by Gasteiger charge is 2.16. The summed E-state index contributed by atoms with van der Waals surface area (Å²) in [5.74, 6) is 0.0496. The first kappa shape index (κ1) is 18.5. The van der Waals surface area contributed by atoms with Crippen molar-refractivity contribution >= 4 is 5.97 Å². The van der Waals surface area contributed by atoms with Crippen LogP contribution in [-0.4, -0.2) is 11.1 Å². The first-order valence-electron chi connectivity index (χ1n) is 8.34. The highest BCUT2D eigenvalue weighted by molar-refractivity contribution is 5.69. The number of carboxylic acids is 1. The van der Waals surface area contributed by atoms with Crippen LogP contribution >= 0.6 is 0 Å². The summed E-state index contributed by atoms with van der Waals surface area (Å²) in [5, 5.41) is 9.09. The van der Waals surface area contributed by atoms with Crippen LogP contribution in [0.25, 0.3) is 0 Å². The van der Waals surface area contributed by atoms with Crippen molar-refractivity contribution < 1.29 is 9.90 Å². The van der Waals surface area contributed by atoms with Gasteiger partial charge in [0.15, 0.2) is 0 Å². The molecule has 0 fully saturated rings. The maximum Gasteiger partial charge on any atom is 0.306 e. The van der Waals surface area contributed by atoms with Gasteiger partial charge in [-0.3, -0.25) is 4.79 Å². The Hall–Kier alpha value is -0.530. The fraction of sp³-hybridized carbons (Fsp3) is 0.941. The van der Waals surface area contributed by atoms with E-state index < -0.39 is 5.97 Å². The molecule has 0 amide bonds. The van der Waals surface area contributed by atoms with Crippen molar-refractivity contribution in [2.24, 2.45) is 11.8 Å². The van der Waals surface area contributed by atoms with Gasteiger partial charge in [-0.1, -0.05) is 78.6 Å². The van der Waals surface area contributed by atoms with Crippen LogP contribution in [0.5, 0.6) is 0 Å². The van der Waals surface area contributed by atoms with E-state index in [2.05, 4.69) is 20.8 Å². The maximum atomic E-state index is 11.0. The SMILES string of the molecule is CCCCCCCC(C)CCCC(CCC)C(=O)O. The molecule has 2 atom stereocenters. The number of carbonyl (C=O) groups is 1. The van der Waals surface area contributed by atoms with Crippen LogP contribution in [0, 0.1) is 11.8 Å². The predicted octanol–water partition coefficient (Wildman–Crippen LogP) is 5.65. The van der Waals surface area contributed by atoms with Crippen molar-refractivity contribution in [3.63, 3.8) is 0 Å². The van der Waals surface area contributed by atoms with Gasteiger partial charge in [0.05, 0.1) is 5.92 Å². The van der Waals surface area contributed by atoms with E-state index in [9.17, 15) is 4.79 Å². The monoisotopic (exact) mass is 270 g/mol. The second-order valence-electron chi connectivity index (χ2n) is 6.06. The molecule has 0 radical (unpaired) electrons. The number of unbranched alkanes of at least 4 members (excludes halogenated alkanes) is 4. The molecule has 0 aromatic heterocycles. The summed E-state index contributed by atoms with van der Waals surface area (Å²) in [6, 6.07) is 0. The van der Waals surface area contributed by atoms with E-state index in [4.69, 9.17) is 5.11 Å². The Morgan fingerprint density at radius 1 is 0.842 bits per heavy atom. The van der Waals surface area contributed by atoms with Gasteiger partial charge in [-0.15, -0.1) is 0 Å². The first-order valence-corrected chi connectivity index (χ1v) is 8.34. The number of hydrogen-bond donors (Lipinski definition) is 1. The predicted molar refractivity (Wildman–Crippen MR) is 82.4 cm³/mol. The number of carboxylic acid groups (broad SMARTS) is 1. The lowest BCUT2D eigenvalue weighted by molar-refractivity contribution is -0.142. The second-order valence-corrected chi connectivity index (χ2v) is 6.06. The van der Waals surface area contributed by atoms with Crippen LogP contribution in [0.4, 0.5) is 0 Å². The van der Waals surface area contributed by atoms with Gasteiger partial charge in [0, 0.05) is 0 Å². The van der Waals surface area contributed by atoms with Gasteiger partial charge in [-0.2, -0.15) is 0 Å². The molecule has 0 aromatic carbocycles. The van der Waals surface area contributed by atoms with Crippen LogP contribution in [-0.2, 0) is 4.79 Å². The van der Waals surface area contributed by atoms with Crippen LogP contribution < -0.4 is 0 Å². The van der Waals surface area contributed by atoms with Crippen LogP contribution in [0.15, 0.2) is 0 Å². The van der Waals surface area contributed by atoms with Gasteiger partial charge in [0.2, 0.25) is 0 Å². The number of hydrogen-bond acceptors (Lipinski definition) is 1. The molecule has 0 aliphatic rings. The average molecular weight is 270 g/mol. The van der Waals surface area contributed by atoms with Crippen LogP contribution in [0.3, 0.4) is 0 Å². The van der Waals surface area contributed by atoms with E-state index in [1.54, 1.807) is 0 Å². The molecule has 1 N–H and O–H groups in total. The van der Waals surface area contributed by atoms with Gasteiger partial charge >= 0.3 is 5.97 Å². The standard InChI is InChI=1S/C17H34O2/c1-4-6-7-8-9-12-15(3)13-10-14-16(11-5-2)17(18)19/h15-16H,4-14H2,1-3H3,(H,18,19). The minimum atomic E-state index is -0.603. The third-order valence-electron chi connectivity index (χ3n) is 4.04. The summed E-state index contributed by atoms with van der Waals surface area (Å²) < 4.78 is 0. The highest BCUT2D eigenvalue weighted by Crippen LogP contribution is 2.21. The maximum absolute atomic E-state index is 11.0. The molecule has 0 rings (SSSR count). The van der Waals surface area contributed by atoms with E-state index in [-0.39, 0.29) is 5.92 Å². The third kappa shape index (κ3) is 11.0. The molecule has 2 heteroatoms. The van der Waals surface area contributed by atoms with Crippen LogP contribution in [0.2, 0.25) is 0 Å². The normalized spacial score (nSPS) is 14.3. The Labute approximate surface area is 120 Å². The fourth-order valence-electron chi connectivity index (χ4n) is 2.69. The number of rotatable bonds is 13. The highest BCUT2D eigenvalue weighted by atomic mass is 16.4. The van der Waals surface area contributed by atoms with Crippen molar-refractivity contribution in [3.8, 4) is 0 Å². The molecular weight excluding hydrogens is 236 g/mol. The topological polar surface area (TPSA) is 37.3 Å².